The van der Waals surface area contributed by atoms with Crippen LogP contribution in [0.15, 0.2) is 84.9 Å². The number of benzene rings is 3. The van der Waals surface area contributed by atoms with Crippen LogP contribution in [0.25, 0.3) is 0 Å². The summed E-state index contributed by atoms with van der Waals surface area (Å²) in [5.74, 6) is 0.570. The highest BCUT2D eigenvalue weighted by atomic mass is 16.2. The summed E-state index contributed by atoms with van der Waals surface area (Å²) in [4.78, 5) is 12.9. The summed E-state index contributed by atoms with van der Waals surface area (Å²) in [5, 5.41) is 3.09. The highest BCUT2D eigenvalue weighted by Crippen LogP contribution is 2.60. The molecule has 3 aromatic rings. The number of hydrogen-bond acceptors (Lipinski definition) is 1. The van der Waals surface area contributed by atoms with Gasteiger partial charge < -0.3 is 5.32 Å². The zero-order valence-electron chi connectivity index (χ0n) is 14.2. The second-order valence-corrected chi connectivity index (χ2v) is 6.75. The molecule has 0 spiro atoms. The van der Waals surface area contributed by atoms with Gasteiger partial charge in [-0.1, -0.05) is 78.4 Å². The lowest BCUT2D eigenvalue weighted by molar-refractivity contribution is -0.117. The van der Waals surface area contributed by atoms with E-state index in [-0.39, 0.29) is 23.7 Å². The molecular formula is C23H21NO. The van der Waals surface area contributed by atoms with Crippen LogP contribution in [0.5, 0.6) is 0 Å². The molecule has 0 radical (unpaired) electrons. The van der Waals surface area contributed by atoms with E-state index < -0.39 is 0 Å². The van der Waals surface area contributed by atoms with Gasteiger partial charge in [0.05, 0.1) is 5.92 Å². The van der Waals surface area contributed by atoms with E-state index in [1.807, 2.05) is 67.6 Å². The number of carbonyl (C=O) groups is 1. The minimum atomic E-state index is -0.0221. The minimum Gasteiger partial charge on any atom is -0.326 e. The molecule has 3 aromatic carbocycles. The summed E-state index contributed by atoms with van der Waals surface area (Å²) in [5.41, 5.74) is 4.52. The third-order valence-electron chi connectivity index (χ3n) is 5.01. The minimum absolute atomic E-state index is 0.0221. The number of rotatable bonds is 4. The van der Waals surface area contributed by atoms with E-state index in [1.165, 1.54) is 16.7 Å². The van der Waals surface area contributed by atoms with Gasteiger partial charge in [0.1, 0.15) is 0 Å². The Balaban J connectivity index is 1.59. The molecule has 0 aliphatic heterocycles. The fraction of sp³-hybridized carbons (Fsp3) is 0.174. The second kappa shape index (κ2) is 6.56. The first-order valence-electron chi connectivity index (χ1n) is 8.71. The summed E-state index contributed by atoms with van der Waals surface area (Å²) >= 11 is 0. The number of carbonyl (C=O) groups excluding carboxylic acids is 1. The molecule has 1 N–H and O–H groups in total. The van der Waals surface area contributed by atoms with E-state index >= 15 is 0 Å². The second-order valence-electron chi connectivity index (χ2n) is 6.75. The zero-order valence-corrected chi connectivity index (χ0v) is 14.2. The van der Waals surface area contributed by atoms with Crippen molar-refractivity contribution >= 4 is 11.6 Å². The van der Waals surface area contributed by atoms with E-state index in [2.05, 4.69) is 29.6 Å². The van der Waals surface area contributed by atoms with Crippen molar-refractivity contribution in [1.82, 2.24) is 0 Å². The molecule has 1 saturated carbocycles. The Kier molecular flexibility index (Phi) is 4.10. The number of hydrogen-bond donors (Lipinski definition) is 1. The van der Waals surface area contributed by atoms with Gasteiger partial charge >= 0.3 is 0 Å². The summed E-state index contributed by atoms with van der Waals surface area (Å²) in [7, 11) is 0. The molecule has 2 nitrogen and oxygen atoms in total. The first-order valence-corrected chi connectivity index (χ1v) is 8.71. The van der Waals surface area contributed by atoms with Gasteiger partial charge in [-0.05, 0) is 30.2 Å². The van der Waals surface area contributed by atoms with Gasteiger partial charge in [0.25, 0.3) is 0 Å². The summed E-state index contributed by atoms with van der Waals surface area (Å²) in [6.07, 6.45) is 0. The lowest BCUT2D eigenvalue weighted by Crippen LogP contribution is -2.15. The van der Waals surface area contributed by atoms with Crippen LogP contribution in [0.2, 0.25) is 0 Å². The Hall–Kier alpha value is -2.87. The fourth-order valence-corrected chi connectivity index (χ4v) is 3.68. The molecule has 0 heterocycles. The number of anilines is 1. The first-order chi connectivity index (χ1) is 12.2. The van der Waals surface area contributed by atoms with Gasteiger partial charge in [0.15, 0.2) is 0 Å². The van der Waals surface area contributed by atoms with E-state index in [9.17, 15) is 4.79 Å². The molecule has 0 bridgehead atoms. The van der Waals surface area contributed by atoms with Crippen molar-refractivity contribution in [3.8, 4) is 0 Å². The Morgan fingerprint density at radius 1 is 0.720 bits per heavy atom. The Morgan fingerprint density at radius 2 is 1.20 bits per heavy atom. The van der Waals surface area contributed by atoms with Gasteiger partial charge in [-0.2, -0.15) is 0 Å². The lowest BCUT2D eigenvalue weighted by atomic mass is 10.0. The SMILES string of the molecule is Cc1ccc(NC(=O)C2C(c3ccccc3)C2c2ccccc2)cc1. The van der Waals surface area contributed by atoms with Crippen LogP contribution in [0.1, 0.15) is 28.5 Å². The topological polar surface area (TPSA) is 29.1 Å². The van der Waals surface area contributed by atoms with Crippen molar-refractivity contribution in [2.24, 2.45) is 5.92 Å². The summed E-state index contributed by atoms with van der Waals surface area (Å²) in [6.45, 7) is 2.04. The molecule has 4 rings (SSSR count). The smallest absolute Gasteiger partial charge is 0.228 e. The van der Waals surface area contributed by atoms with E-state index in [0.29, 0.717) is 0 Å². The van der Waals surface area contributed by atoms with Crippen molar-refractivity contribution < 1.29 is 4.79 Å². The van der Waals surface area contributed by atoms with Crippen LogP contribution in [0, 0.1) is 12.8 Å². The third kappa shape index (κ3) is 3.20. The monoisotopic (exact) mass is 327 g/mol. The predicted molar refractivity (Wildman–Crippen MR) is 102 cm³/mol. The largest absolute Gasteiger partial charge is 0.326 e. The quantitative estimate of drug-likeness (QED) is 0.707. The molecule has 0 saturated heterocycles. The fourth-order valence-electron chi connectivity index (χ4n) is 3.68. The molecule has 1 aliphatic rings. The number of amides is 1. The lowest BCUT2D eigenvalue weighted by Gasteiger charge is -2.05. The Morgan fingerprint density at radius 3 is 1.68 bits per heavy atom. The van der Waals surface area contributed by atoms with Crippen molar-refractivity contribution in [2.75, 3.05) is 5.32 Å². The third-order valence-corrected chi connectivity index (χ3v) is 5.01. The van der Waals surface area contributed by atoms with E-state index in [1.54, 1.807) is 0 Å². The average molecular weight is 327 g/mol. The molecule has 0 aromatic heterocycles. The van der Waals surface area contributed by atoms with Crippen LogP contribution in [0.4, 0.5) is 5.69 Å². The molecule has 1 aliphatic carbocycles. The van der Waals surface area contributed by atoms with Crippen LogP contribution in [0.3, 0.4) is 0 Å². The van der Waals surface area contributed by atoms with Crippen LogP contribution < -0.4 is 5.32 Å². The highest BCUT2D eigenvalue weighted by molar-refractivity contribution is 5.96. The zero-order chi connectivity index (χ0) is 17.2. The van der Waals surface area contributed by atoms with Crippen LogP contribution in [-0.4, -0.2) is 5.91 Å². The van der Waals surface area contributed by atoms with Gasteiger partial charge in [-0.3, -0.25) is 4.79 Å². The van der Waals surface area contributed by atoms with Gasteiger partial charge in [0, 0.05) is 17.5 Å². The molecular weight excluding hydrogens is 306 g/mol. The molecule has 2 heteroatoms. The molecule has 2 atom stereocenters. The van der Waals surface area contributed by atoms with Crippen molar-refractivity contribution in [1.29, 1.82) is 0 Å². The maximum atomic E-state index is 12.9. The normalized spacial score (nSPS) is 21.6. The Labute approximate surface area is 148 Å². The molecule has 1 amide bonds. The summed E-state index contributed by atoms with van der Waals surface area (Å²) < 4.78 is 0. The van der Waals surface area contributed by atoms with Crippen molar-refractivity contribution in [2.45, 2.75) is 18.8 Å². The molecule has 1 fully saturated rings. The summed E-state index contributed by atoms with van der Waals surface area (Å²) in [6, 6.07) is 28.7. The first kappa shape index (κ1) is 15.6. The molecule has 25 heavy (non-hydrogen) atoms. The number of nitrogens with one attached hydrogen (secondary N) is 1. The maximum absolute atomic E-state index is 12.9. The standard InChI is InChI=1S/C23H21NO/c1-16-12-14-19(15-13-16)24-23(25)22-20(17-8-4-2-5-9-17)21(22)18-10-6-3-7-11-18/h2-15,20-22H,1H3,(H,24,25). The highest BCUT2D eigenvalue weighted by Gasteiger charge is 2.55. The predicted octanol–water partition coefficient (Wildman–Crippen LogP) is 5.13. The van der Waals surface area contributed by atoms with E-state index in [4.69, 9.17) is 0 Å². The van der Waals surface area contributed by atoms with Crippen molar-refractivity contribution in [3.63, 3.8) is 0 Å². The van der Waals surface area contributed by atoms with Gasteiger partial charge in [-0.25, -0.2) is 0 Å². The van der Waals surface area contributed by atoms with Crippen LogP contribution >= 0.6 is 0 Å². The number of aryl methyl sites for hydroxylation is 1. The van der Waals surface area contributed by atoms with Gasteiger partial charge in [0.2, 0.25) is 5.91 Å². The molecule has 124 valence electrons. The average Bonchev–Trinajstić information content (AvgIpc) is 3.41. The molecule has 2 unspecified atom stereocenters. The van der Waals surface area contributed by atoms with Gasteiger partial charge in [-0.15, -0.1) is 0 Å². The van der Waals surface area contributed by atoms with E-state index in [0.717, 1.165) is 5.69 Å². The van der Waals surface area contributed by atoms with Crippen LogP contribution in [-0.2, 0) is 4.79 Å². The maximum Gasteiger partial charge on any atom is 0.228 e. The Bertz CT molecular complexity index is 810. The van der Waals surface area contributed by atoms with Crippen molar-refractivity contribution in [3.05, 3.63) is 102 Å².